The Morgan fingerprint density at radius 1 is 1.12 bits per heavy atom. The minimum Gasteiger partial charge on any atom is -0.314 e. The Hall–Kier alpha value is -0.0400. The molecule has 0 bridgehead atoms. The highest BCUT2D eigenvalue weighted by molar-refractivity contribution is 4.85. The summed E-state index contributed by atoms with van der Waals surface area (Å²) in [5, 5.41) is 3.85. The lowest BCUT2D eigenvalue weighted by Gasteiger charge is -2.36. The Morgan fingerprint density at radius 3 is 2.56 bits per heavy atom. The van der Waals surface area contributed by atoms with Gasteiger partial charge in [-0.25, -0.2) is 0 Å². The minimum atomic E-state index is 0.581. The van der Waals surface area contributed by atoms with Crippen molar-refractivity contribution in [1.29, 1.82) is 0 Å². The number of hydrogen-bond donors (Lipinski definition) is 1. The predicted molar refractivity (Wildman–Crippen MR) is 70.5 cm³/mol. The smallest absolute Gasteiger partial charge is 0.00722 e. The fourth-order valence-electron chi connectivity index (χ4n) is 3.72. The van der Waals surface area contributed by atoms with Gasteiger partial charge in [0.1, 0.15) is 0 Å². The summed E-state index contributed by atoms with van der Waals surface area (Å²) in [6.07, 6.45) is 10.0. The van der Waals surface area contributed by atoms with E-state index in [1.54, 1.807) is 0 Å². The molecule has 3 unspecified atom stereocenters. The van der Waals surface area contributed by atoms with Crippen molar-refractivity contribution >= 4 is 0 Å². The summed E-state index contributed by atoms with van der Waals surface area (Å²) in [4.78, 5) is 0. The molecule has 1 N–H and O–H groups in total. The van der Waals surface area contributed by atoms with E-state index in [4.69, 9.17) is 0 Å². The molecule has 1 heteroatoms. The van der Waals surface area contributed by atoms with Gasteiger partial charge < -0.3 is 5.32 Å². The first kappa shape index (κ1) is 12.4. The topological polar surface area (TPSA) is 12.0 Å². The van der Waals surface area contributed by atoms with E-state index in [2.05, 4.69) is 26.1 Å². The summed E-state index contributed by atoms with van der Waals surface area (Å²) >= 11 is 0. The standard InChI is InChI=1S/C15H29N/c1-12-6-4-7-13(12)11-16-14-8-5-9-15(2,3)10-14/h12-14,16H,4-11H2,1-3H3. The fourth-order valence-corrected chi connectivity index (χ4v) is 3.72. The summed E-state index contributed by atoms with van der Waals surface area (Å²) in [5.41, 5.74) is 0.581. The van der Waals surface area contributed by atoms with E-state index in [1.165, 1.54) is 51.5 Å². The first-order chi connectivity index (χ1) is 7.57. The molecule has 3 atom stereocenters. The fraction of sp³-hybridized carbons (Fsp3) is 1.00. The first-order valence-electron chi connectivity index (χ1n) is 7.30. The summed E-state index contributed by atoms with van der Waals surface area (Å²) < 4.78 is 0. The molecule has 0 aromatic rings. The van der Waals surface area contributed by atoms with E-state index in [0.717, 1.165) is 17.9 Å². The van der Waals surface area contributed by atoms with Crippen LogP contribution in [0.25, 0.3) is 0 Å². The van der Waals surface area contributed by atoms with Crippen LogP contribution in [0, 0.1) is 17.3 Å². The van der Waals surface area contributed by atoms with Crippen molar-refractivity contribution in [2.24, 2.45) is 17.3 Å². The van der Waals surface area contributed by atoms with Crippen LogP contribution in [0.1, 0.15) is 65.7 Å². The van der Waals surface area contributed by atoms with Crippen molar-refractivity contribution in [3.63, 3.8) is 0 Å². The number of rotatable bonds is 3. The highest BCUT2D eigenvalue weighted by atomic mass is 14.9. The van der Waals surface area contributed by atoms with Gasteiger partial charge in [0.25, 0.3) is 0 Å². The Bertz CT molecular complexity index is 221. The van der Waals surface area contributed by atoms with E-state index in [0.29, 0.717) is 5.41 Å². The zero-order chi connectivity index (χ0) is 11.6. The van der Waals surface area contributed by atoms with Crippen molar-refractivity contribution in [2.75, 3.05) is 6.54 Å². The Labute approximate surface area is 101 Å². The van der Waals surface area contributed by atoms with Crippen molar-refractivity contribution < 1.29 is 0 Å². The molecule has 0 aromatic heterocycles. The zero-order valence-electron chi connectivity index (χ0n) is 11.4. The van der Waals surface area contributed by atoms with Crippen LogP contribution in [0.3, 0.4) is 0 Å². The maximum atomic E-state index is 3.85. The quantitative estimate of drug-likeness (QED) is 0.763. The van der Waals surface area contributed by atoms with E-state index in [-0.39, 0.29) is 0 Å². The lowest BCUT2D eigenvalue weighted by Crippen LogP contribution is -2.39. The maximum absolute atomic E-state index is 3.85. The molecule has 0 saturated heterocycles. The van der Waals surface area contributed by atoms with Gasteiger partial charge in [-0.1, -0.05) is 40.0 Å². The van der Waals surface area contributed by atoms with Gasteiger partial charge >= 0.3 is 0 Å². The van der Waals surface area contributed by atoms with Crippen LogP contribution in [-0.4, -0.2) is 12.6 Å². The van der Waals surface area contributed by atoms with Gasteiger partial charge in [-0.2, -0.15) is 0 Å². The van der Waals surface area contributed by atoms with E-state index < -0.39 is 0 Å². The molecule has 94 valence electrons. The molecule has 0 spiro atoms. The molecule has 0 heterocycles. The Kier molecular flexibility index (Phi) is 3.94. The van der Waals surface area contributed by atoms with Crippen molar-refractivity contribution in [1.82, 2.24) is 5.32 Å². The molecule has 2 aliphatic rings. The second-order valence-electron chi connectivity index (χ2n) is 7.03. The third kappa shape index (κ3) is 3.23. The highest BCUT2D eigenvalue weighted by Gasteiger charge is 2.29. The molecule has 2 saturated carbocycles. The predicted octanol–water partition coefficient (Wildman–Crippen LogP) is 3.98. The molecular weight excluding hydrogens is 194 g/mol. The van der Waals surface area contributed by atoms with Crippen LogP contribution < -0.4 is 5.32 Å². The second kappa shape index (κ2) is 5.08. The monoisotopic (exact) mass is 223 g/mol. The van der Waals surface area contributed by atoms with Crippen LogP contribution in [0.15, 0.2) is 0 Å². The molecule has 2 aliphatic carbocycles. The molecule has 0 aliphatic heterocycles. The van der Waals surface area contributed by atoms with Crippen molar-refractivity contribution in [3.05, 3.63) is 0 Å². The average Bonchev–Trinajstić information content (AvgIpc) is 2.60. The third-order valence-electron chi connectivity index (χ3n) is 4.91. The van der Waals surface area contributed by atoms with Crippen LogP contribution in [0.2, 0.25) is 0 Å². The van der Waals surface area contributed by atoms with Gasteiger partial charge in [-0.15, -0.1) is 0 Å². The SMILES string of the molecule is CC1CCCC1CNC1CCCC(C)(C)C1. The summed E-state index contributed by atoms with van der Waals surface area (Å²) in [6.45, 7) is 8.57. The molecule has 16 heavy (non-hydrogen) atoms. The first-order valence-corrected chi connectivity index (χ1v) is 7.30. The van der Waals surface area contributed by atoms with E-state index in [9.17, 15) is 0 Å². The molecule has 1 nitrogen and oxygen atoms in total. The van der Waals surface area contributed by atoms with Crippen LogP contribution in [-0.2, 0) is 0 Å². The molecule has 2 fully saturated rings. The van der Waals surface area contributed by atoms with Gasteiger partial charge in [-0.05, 0) is 49.5 Å². The van der Waals surface area contributed by atoms with Crippen molar-refractivity contribution in [2.45, 2.75) is 71.8 Å². The molecule has 2 rings (SSSR count). The summed E-state index contributed by atoms with van der Waals surface area (Å²) in [6, 6.07) is 0.802. The normalized spacial score (nSPS) is 38.8. The minimum absolute atomic E-state index is 0.581. The van der Waals surface area contributed by atoms with Crippen molar-refractivity contribution in [3.8, 4) is 0 Å². The van der Waals surface area contributed by atoms with Gasteiger partial charge in [0, 0.05) is 6.04 Å². The average molecular weight is 223 g/mol. The van der Waals surface area contributed by atoms with Gasteiger partial charge in [-0.3, -0.25) is 0 Å². The third-order valence-corrected chi connectivity index (χ3v) is 4.91. The second-order valence-corrected chi connectivity index (χ2v) is 7.03. The van der Waals surface area contributed by atoms with Crippen LogP contribution in [0.4, 0.5) is 0 Å². The lowest BCUT2D eigenvalue weighted by atomic mass is 9.75. The Morgan fingerprint density at radius 2 is 1.94 bits per heavy atom. The molecular formula is C15H29N. The van der Waals surface area contributed by atoms with Crippen LogP contribution in [0.5, 0.6) is 0 Å². The molecule has 0 radical (unpaired) electrons. The molecule has 0 aromatic carbocycles. The number of nitrogens with one attached hydrogen (secondary N) is 1. The lowest BCUT2D eigenvalue weighted by molar-refractivity contribution is 0.191. The highest BCUT2D eigenvalue weighted by Crippen LogP contribution is 2.36. The maximum Gasteiger partial charge on any atom is 0.00722 e. The summed E-state index contributed by atoms with van der Waals surface area (Å²) in [7, 11) is 0. The van der Waals surface area contributed by atoms with Gasteiger partial charge in [0.05, 0.1) is 0 Å². The van der Waals surface area contributed by atoms with Gasteiger partial charge in [0.15, 0.2) is 0 Å². The van der Waals surface area contributed by atoms with E-state index >= 15 is 0 Å². The van der Waals surface area contributed by atoms with E-state index in [1.807, 2.05) is 0 Å². The zero-order valence-corrected chi connectivity index (χ0v) is 11.4. The van der Waals surface area contributed by atoms with Gasteiger partial charge in [0.2, 0.25) is 0 Å². The van der Waals surface area contributed by atoms with Crippen LogP contribution >= 0.6 is 0 Å². The Balaban J connectivity index is 1.73. The number of hydrogen-bond acceptors (Lipinski definition) is 1. The summed E-state index contributed by atoms with van der Waals surface area (Å²) in [5.74, 6) is 1.93. The largest absolute Gasteiger partial charge is 0.314 e. The molecule has 0 amide bonds.